The van der Waals surface area contributed by atoms with Crippen LogP contribution in [-0.2, 0) is 0 Å². The van der Waals surface area contributed by atoms with Crippen LogP contribution in [0.5, 0.6) is 0 Å². The number of pyridine rings is 1. The van der Waals surface area contributed by atoms with E-state index in [0.29, 0.717) is 5.69 Å². The molecular formula is C19H25N3O. The molecule has 0 spiro atoms. The summed E-state index contributed by atoms with van der Waals surface area (Å²) in [7, 11) is 0. The molecule has 0 atom stereocenters. The van der Waals surface area contributed by atoms with Crippen LogP contribution < -0.4 is 10.6 Å². The molecule has 0 bridgehead atoms. The van der Waals surface area contributed by atoms with E-state index in [9.17, 15) is 4.79 Å². The maximum Gasteiger partial charge on any atom is 0.270 e. The predicted molar refractivity (Wildman–Crippen MR) is 95.4 cm³/mol. The van der Waals surface area contributed by atoms with E-state index >= 15 is 0 Å². The maximum atomic E-state index is 12.2. The minimum absolute atomic E-state index is 0.168. The van der Waals surface area contributed by atoms with Gasteiger partial charge in [0.15, 0.2) is 0 Å². The average molecular weight is 311 g/mol. The van der Waals surface area contributed by atoms with Crippen molar-refractivity contribution in [3.05, 3.63) is 52.8 Å². The second-order valence-corrected chi connectivity index (χ2v) is 7.03. The standard InChI is InChI=1S/C19H25N3O/c1-12-9-13(2)17(14(3)10-12)21-15-7-8-20-16(11-15)18(23)22-19(4,5)6/h7-11H,1-6H3,(H,20,21)(H,22,23). The van der Waals surface area contributed by atoms with Gasteiger partial charge in [-0.25, -0.2) is 0 Å². The number of aromatic nitrogens is 1. The minimum atomic E-state index is -0.285. The van der Waals surface area contributed by atoms with E-state index in [1.807, 2.05) is 26.8 Å². The SMILES string of the molecule is Cc1cc(C)c(Nc2ccnc(C(=O)NC(C)(C)C)c2)c(C)c1. The van der Waals surface area contributed by atoms with Gasteiger partial charge in [0.2, 0.25) is 0 Å². The molecule has 1 heterocycles. The largest absolute Gasteiger partial charge is 0.355 e. The van der Waals surface area contributed by atoms with E-state index in [0.717, 1.165) is 11.4 Å². The van der Waals surface area contributed by atoms with Crippen molar-refractivity contribution in [3.63, 3.8) is 0 Å². The molecule has 122 valence electrons. The van der Waals surface area contributed by atoms with Crippen molar-refractivity contribution < 1.29 is 4.79 Å². The summed E-state index contributed by atoms with van der Waals surface area (Å²) < 4.78 is 0. The van der Waals surface area contributed by atoms with Gasteiger partial charge in [0, 0.05) is 23.1 Å². The fraction of sp³-hybridized carbons (Fsp3) is 0.368. The van der Waals surface area contributed by atoms with Gasteiger partial charge in [0.25, 0.3) is 5.91 Å². The van der Waals surface area contributed by atoms with Crippen LogP contribution in [0.2, 0.25) is 0 Å². The normalized spacial score (nSPS) is 11.2. The Kier molecular flexibility index (Phi) is 4.73. The summed E-state index contributed by atoms with van der Waals surface area (Å²) in [4.78, 5) is 16.4. The van der Waals surface area contributed by atoms with Crippen molar-refractivity contribution in [1.82, 2.24) is 10.3 Å². The highest BCUT2D eigenvalue weighted by molar-refractivity contribution is 5.93. The number of anilines is 2. The molecule has 0 unspecified atom stereocenters. The van der Waals surface area contributed by atoms with Gasteiger partial charge < -0.3 is 10.6 Å². The molecule has 0 aliphatic carbocycles. The third kappa shape index (κ3) is 4.55. The molecule has 0 fully saturated rings. The lowest BCUT2D eigenvalue weighted by Crippen LogP contribution is -2.40. The molecule has 0 saturated carbocycles. The van der Waals surface area contributed by atoms with Crippen LogP contribution in [0.3, 0.4) is 0 Å². The van der Waals surface area contributed by atoms with Crippen molar-refractivity contribution in [1.29, 1.82) is 0 Å². The van der Waals surface area contributed by atoms with Crippen molar-refractivity contribution in [2.75, 3.05) is 5.32 Å². The summed E-state index contributed by atoms with van der Waals surface area (Å²) in [5.41, 5.74) is 5.66. The number of carbonyl (C=O) groups excluding carboxylic acids is 1. The molecule has 0 saturated heterocycles. The quantitative estimate of drug-likeness (QED) is 0.889. The highest BCUT2D eigenvalue weighted by Crippen LogP contribution is 2.26. The lowest BCUT2D eigenvalue weighted by atomic mass is 10.0. The highest BCUT2D eigenvalue weighted by atomic mass is 16.2. The van der Waals surface area contributed by atoms with Gasteiger partial charge >= 0.3 is 0 Å². The molecule has 1 aromatic heterocycles. The third-order valence-electron chi connectivity index (χ3n) is 3.43. The number of carbonyl (C=O) groups is 1. The van der Waals surface area contributed by atoms with Crippen LogP contribution in [0.25, 0.3) is 0 Å². The Labute approximate surface area is 138 Å². The first-order valence-corrected chi connectivity index (χ1v) is 7.79. The first-order valence-electron chi connectivity index (χ1n) is 7.79. The number of nitrogens with zero attached hydrogens (tertiary/aromatic N) is 1. The van der Waals surface area contributed by atoms with Gasteiger partial charge in [-0.2, -0.15) is 0 Å². The fourth-order valence-electron chi connectivity index (χ4n) is 2.56. The molecule has 1 amide bonds. The Bertz CT molecular complexity index is 707. The number of amides is 1. The second-order valence-electron chi connectivity index (χ2n) is 7.03. The second kappa shape index (κ2) is 6.41. The summed E-state index contributed by atoms with van der Waals surface area (Å²) in [6.07, 6.45) is 1.65. The van der Waals surface area contributed by atoms with Gasteiger partial charge in [0.05, 0.1) is 0 Å². The molecule has 0 aliphatic rings. The number of hydrogen-bond donors (Lipinski definition) is 2. The molecule has 2 N–H and O–H groups in total. The van der Waals surface area contributed by atoms with Gasteiger partial charge in [-0.3, -0.25) is 9.78 Å². The first-order chi connectivity index (χ1) is 10.7. The van der Waals surface area contributed by atoms with Gasteiger partial charge in [0.1, 0.15) is 5.69 Å². The molecular weight excluding hydrogens is 286 g/mol. The summed E-state index contributed by atoms with van der Waals surface area (Å²) in [5.74, 6) is -0.168. The lowest BCUT2D eigenvalue weighted by molar-refractivity contribution is 0.0914. The van der Waals surface area contributed by atoms with Crippen LogP contribution in [0, 0.1) is 20.8 Å². The smallest absolute Gasteiger partial charge is 0.270 e. The molecule has 4 nitrogen and oxygen atoms in total. The molecule has 1 aromatic carbocycles. The Morgan fingerprint density at radius 2 is 1.65 bits per heavy atom. The summed E-state index contributed by atoms with van der Waals surface area (Å²) in [5, 5.41) is 6.33. The first kappa shape index (κ1) is 17.0. The molecule has 0 aliphatic heterocycles. The fourth-order valence-corrected chi connectivity index (χ4v) is 2.56. The molecule has 2 rings (SSSR count). The van der Waals surface area contributed by atoms with E-state index in [2.05, 4.69) is 48.5 Å². The van der Waals surface area contributed by atoms with Crippen molar-refractivity contribution in [2.24, 2.45) is 0 Å². The summed E-state index contributed by atoms with van der Waals surface area (Å²) in [6, 6.07) is 7.93. The zero-order valence-corrected chi connectivity index (χ0v) is 14.7. The molecule has 23 heavy (non-hydrogen) atoms. The monoisotopic (exact) mass is 311 g/mol. The Morgan fingerprint density at radius 3 is 2.22 bits per heavy atom. The van der Waals surface area contributed by atoms with E-state index < -0.39 is 0 Å². The Balaban J connectivity index is 2.26. The van der Waals surface area contributed by atoms with E-state index in [4.69, 9.17) is 0 Å². The van der Waals surface area contributed by atoms with Crippen molar-refractivity contribution in [2.45, 2.75) is 47.1 Å². The predicted octanol–water partition coefficient (Wildman–Crippen LogP) is 4.28. The average Bonchev–Trinajstić information content (AvgIpc) is 2.41. The van der Waals surface area contributed by atoms with Crippen LogP contribution >= 0.6 is 0 Å². The Hall–Kier alpha value is -2.36. The van der Waals surface area contributed by atoms with Gasteiger partial charge in [-0.1, -0.05) is 17.7 Å². The third-order valence-corrected chi connectivity index (χ3v) is 3.43. The van der Waals surface area contributed by atoms with E-state index in [-0.39, 0.29) is 11.4 Å². The van der Waals surface area contributed by atoms with Crippen molar-refractivity contribution in [3.8, 4) is 0 Å². The molecule has 0 radical (unpaired) electrons. The Morgan fingerprint density at radius 1 is 1.04 bits per heavy atom. The summed E-state index contributed by atoms with van der Waals surface area (Å²) in [6.45, 7) is 12.1. The molecule has 4 heteroatoms. The van der Waals surface area contributed by atoms with Crippen molar-refractivity contribution >= 4 is 17.3 Å². The zero-order valence-electron chi connectivity index (χ0n) is 14.7. The lowest BCUT2D eigenvalue weighted by Gasteiger charge is -2.20. The van der Waals surface area contributed by atoms with Crippen LogP contribution in [-0.4, -0.2) is 16.4 Å². The molecule has 2 aromatic rings. The zero-order chi connectivity index (χ0) is 17.2. The topological polar surface area (TPSA) is 54.0 Å². The maximum absolute atomic E-state index is 12.2. The highest BCUT2D eigenvalue weighted by Gasteiger charge is 2.16. The van der Waals surface area contributed by atoms with Crippen LogP contribution in [0.1, 0.15) is 48.0 Å². The van der Waals surface area contributed by atoms with Gasteiger partial charge in [-0.15, -0.1) is 0 Å². The van der Waals surface area contributed by atoms with Gasteiger partial charge in [-0.05, 0) is 64.8 Å². The number of aryl methyl sites for hydroxylation is 3. The summed E-state index contributed by atoms with van der Waals surface area (Å²) >= 11 is 0. The van der Waals surface area contributed by atoms with Crippen LogP contribution in [0.15, 0.2) is 30.5 Å². The number of nitrogens with one attached hydrogen (secondary N) is 2. The number of rotatable bonds is 3. The minimum Gasteiger partial charge on any atom is -0.355 e. The van der Waals surface area contributed by atoms with Crippen LogP contribution in [0.4, 0.5) is 11.4 Å². The number of hydrogen-bond acceptors (Lipinski definition) is 3. The number of benzene rings is 1. The van der Waals surface area contributed by atoms with E-state index in [1.165, 1.54) is 16.7 Å². The van der Waals surface area contributed by atoms with E-state index in [1.54, 1.807) is 12.3 Å².